The molecule has 0 unspecified atom stereocenters. The summed E-state index contributed by atoms with van der Waals surface area (Å²) in [6.45, 7) is 1.73. The van der Waals surface area contributed by atoms with Crippen molar-refractivity contribution in [1.82, 2.24) is 0 Å². The van der Waals surface area contributed by atoms with E-state index < -0.39 is 5.60 Å². The second kappa shape index (κ2) is 6.27. The van der Waals surface area contributed by atoms with Gasteiger partial charge in [0.25, 0.3) is 0 Å². The van der Waals surface area contributed by atoms with Gasteiger partial charge in [-0.1, -0.05) is 19.3 Å². The van der Waals surface area contributed by atoms with Gasteiger partial charge >= 0.3 is 0 Å². The molecular weight excluding hydrogens is 256 g/mol. The summed E-state index contributed by atoms with van der Waals surface area (Å²) >= 11 is 0. The van der Waals surface area contributed by atoms with Crippen molar-refractivity contribution >= 4 is 5.78 Å². The number of hydrogen-bond acceptors (Lipinski definition) is 4. The van der Waals surface area contributed by atoms with E-state index in [1.807, 2.05) is 0 Å². The molecule has 2 rings (SSSR count). The number of aliphatic hydroxyl groups is 1. The third-order valence-electron chi connectivity index (χ3n) is 3.85. The van der Waals surface area contributed by atoms with Crippen LogP contribution in [0.25, 0.3) is 0 Å². The minimum Gasteiger partial charge on any atom is -0.497 e. The molecule has 1 aromatic rings. The zero-order valence-corrected chi connectivity index (χ0v) is 12.1. The summed E-state index contributed by atoms with van der Waals surface area (Å²) in [7, 11) is 1.57. The summed E-state index contributed by atoms with van der Waals surface area (Å²) in [6.07, 6.45) is 4.73. The lowest BCUT2D eigenvalue weighted by atomic mass is 9.85. The molecule has 0 heterocycles. The van der Waals surface area contributed by atoms with E-state index >= 15 is 0 Å². The number of benzene rings is 1. The first-order valence-corrected chi connectivity index (χ1v) is 7.08. The Kier molecular flexibility index (Phi) is 4.65. The van der Waals surface area contributed by atoms with Crippen LogP contribution in [0.1, 0.15) is 49.4 Å². The summed E-state index contributed by atoms with van der Waals surface area (Å²) < 4.78 is 10.9. The maximum Gasteiger partial charge on any atom is 0.163 e. The van der Waals surface area contributed by atoms with Crippen molar-refractivity contribution in [2.24, 2.45) is 0 Å². The maximum absolute atomic E-state index is 11.6. The lowest BCUT2D eigenvalue weighted by Gasteiger charge is -2.31. The largest absolute Gasteiger partial charge is 0.497 e. The third kappa shape index (κ3) is 3.51. The molecule has 4 heteroatoms. The van der Waals surface area contributed by atoms with Crippen molar-refractivity contribution < 1.29 is 19.4 Å². The molecule has 0 aromatic heterocycles. The van der Waals surface area contributed by atoms with Crippen LogP contribution in [-0.2, 0) is 0 Å². The van der Waals surface area contributed by atoms with Crippen molar-refractivity contribution in [3.63, 3.8) is 0 Å². The smallest absolute Gasteiger partial charge is 0.163 e. The van der Waals surface area contributed by atoms with Gasteiger partial charge in [-0.15, -0.1) is 0 Å². The zero-order chi connectivity index (χ0) is 14.6. The van der Waals surface area contributed by atoms with Crippen molar-refractivity contribution in [3.8, 4) is 11.5 Å². The molecule has 20 heavy (non-hydrogen) atoms. The molecule has 1 N–H and O–H groups in total. The van der Waals surface area contributed by atoms with Crippen LogP contribution < -0.4 is 9.47 Å². The van der Waals surface area contributed by atoms with Gasteiger partial charge in [-0.25, -0.2) is 0 Å². The lowest BCUT2D eigenvalue weighted by molar-refractivity contribution is -0.0340. The summed E-state index contributed by atoms with van der Waals surface area (Å²) in [6, 6.07) is 5.13. The van der Waals surface area contributed by atoms with Gasteiger partial charge in [0.2, 0.25) is 0 Å². The number of methoxy groups -OCH3 is 1. The standard InChI is InChI=1S/C16H22O4/c1-12(17)14-7-6-13(19-2)10-15(14)20-11-16(18)8-4-3-5-9-16/h6-7,10,18H,3-5,8-9,11H2,1-2H3. The van der Waals surface area contributed by atoms with E-state index in [0.717, 1.165) is 25.7 Å². The van der Waals surface area contributed by atoms with Crippen LogP contribution in [0, 0.1) is 0 Å². The van der Waals surface area contributed by atoms with E-state index in [0.29, 0.717) is 17.1 Å². The Bertz CT molecular complexity index is 475. The van der Waals surface area contributed by atoms with Gasteiger partial charge in [0.1, 0.15) is 18.1 Å². The fourth-order valence-electron chi connectivity index (χ4n) is 2.61. The molecular formula is C16H22O4. The molecule has 0 saturated heterocycles. The summed E-state index contributed by atoms with van der Waals surface area (Å²) in [5.74, 6) is 1.06. The Labute approximate surface area is 119 Å². The van der Waals surface area contributed by atoms with Gasteiger partial charge in [0.05, 0.1) is 18.3 Å². The number of hydrogen-bond donors (Lipinski definition) is 1. The normalized spacial score (nSPS) is 17.6. The summed E-state index contributed by atoms with van der Waals surface area (Å²) in [5.41, 5.74) is -0.250. The van der Waals surface area contributed by atoms with E-state index in [-0.39, 0.29) is 12.4 Å². The van der Waals surface area contributed by atoms with Crippen LogP contribution in [0.4, 0.5) is 0 Å². The van der Waals surface area contributed by atoms with Crippen molar-refractivity contribution in [2.75, 3.05) is 13.7 Å². The average Bonchev–Trinajstić information content (AvgIpc) is 2.45. The first-order chi connectivity index (χ1) is 9.54. The van der Waals surface area contributed by atoms with Crippen LogP contribution in [0.2, 0.25) is 0 Å². The predicted octanol–water partition coefficient (Wildman–Crippen LogP) is 2.97. The van der Waals surface area contributed by atoms with Crippen molar-refractivity contribution in [2.45, 2.75) is 44.6 Å². The van der Waals surface area contributed by atoms with Crippen molar-refractivity contribution in [3.05, 3.63) is 23.8 Å². The van der Waals surface area contributed by atoms with Gasteiger partial charge in [-0.05, 0) is 31.9 Å². The van der Waals surface area contributed by atoms with Gasteiger partial charge in [-0.2, -0.15) is 0 Å². The highest BCUT2D eigenvalue weighted by Gasteiger charge is 2.30. The predicted molar refractivity (Wildman–Crippen MR) is 76.5 cm³/mol. The molecule has 1 aliphatic rings. The number of carbonyl (C=O) groups excluding carboxylic acids is 1. The van der Waals surface area contributed by atoms with Crippen LogP contribution >= 0.6 is 0 Å². The second-order valence-corrected chi connectivity index (χ2v) is 5.49. The summed E-state index contributed by atoms with van der Waals surface area (Å²) in [5, 5.41) is 10.4. The minimum absolute atomic E-state index is 0.0571. The van der Waals surface area contributed by atoms with Gasteiger partial charge in [0, 0.05) is 6.07 Å². The average molecular weight is 278 g/mol. The Hall–Kier alpha value is -1.55. The fraction of sp³-hybridized carbons (Fsp3) is 0.562. The van der Waals surface area contributed by atoms with Gasteiger partial charge < -0.3 is 14.6 Å². The van der Waals surface area contributed by atoms with Crippen LogP contribution in [0.15, 0.2) is 18.2 Å². The molecule has 0 bridgehead atoms. The molecule has 1 aliphatic carbocycles. The highest BCUT2D eigenvalue weighted by molar-refractivity contribution is 5.97. The zero-order valence-electron chi connectivity index (χ0n) is 12.1. The third-order valence-corrected chi connectivity index (χ3v) is 3.85. The monoisotopic (exact) mass is 278 g/mol. The van der Waals surface area contributed by atoms with E-state index in [1.54, 1.807) is 25.3 Å². The molecule has 4 nitrogen and oxygen atoms in total. The van der Waals surface area contributed by atoms with Crippen LogP contribution in [0.3, 0.4) is 0 Å². The van der Waals surface area contributed by atoms with E-state index in [4.69, 9.17) is 9.47 Å². The Morgan fingerprint density at radius 1 is 1.30 bits per heavy atom. The first kappa shape index (κ1) is 14.9. The lowest BCUT2D eigenvalue weighted by Crippen LogP contribution is -2.38. The van der Waals surface area contributed by atoms with E-state index in [9.17, 15) is 9.90 Å². The molecule has 0 spiro atoms. The fourth-order valence-corrected chi connectivity index (χ4v) is 2.61. The molecule has 110 valence electrons. The highest BCUT2D eigenvalue weighted by atomic mass is 16.5. The van der Waals surface area contributed by atoms with E-state index in [1.165, 1.54) is 13.3 Å². The highest BCUT2D eigenvalue weighted by Crippen LogP contribution is 2.31. The van der Waals surface area contributed by atoms with Crippen molar-refractivity contribution in [1.29, 1.82) is 0 Å². The first-order valence-electron chi connectivity index (χ1n) is 7.08. The van der Waals surface area contributed by atoms with Crippen LogP contribution in [0.5, 0.6) is 11.5 Å². The number of rotatable bonds is 5. The van der Waals surface area contributed by atoms with Crippen LogP contribution in [-0.4, -0.2) is 30.2 Å². The molecule has 1 aromatic carbocycles. The maximum atomic E-state index is 11.6. The topological polar surface area (TPSA) is 55.8 Å². The summed E-state index contributed by atoms with van der Waals surface area (Å²) in [4.78, 5) is 11.6. The second-order valence-electron chi connectivity index (χ2n) is 5.49. The molecule has 1 fully saturated rings. The van der Waals surface area contributed by atoms with Gasteiger partial charge in [-0.3, -0.25) is 4.79 Å². The molecule has 0 radical (unpaired) electrons. The molecule has 0 atom stereocenters. The Balaban J connectivity index is 2.12. The Morgan fingerprint density at radius 3 is 2.60 bits per heavy atom. The quantitative estimate of drug-likeness (QED) is 0.841. The number of ether oxygens (including phenoxy) is 2. The Morgan fingerprint density at radius 2 is 2.00 bits per heavy atom. The molecule has 0 aliphatic heterocycles. The van der Waals surface area contributed by atoms with E-state index in [2.05, 4.69) is 0 Å². The number of carbonyl (C=O) groups is 1. The van der Waals surface area contributed by atoms with Gasteiger partial charge in [0.15, 0.2) is 5.78 Å². The number of ketones is 1. The molecule has 0 amide bonds. The number of Topliss-reactive ketones (excluding diaryl/α,β-unsaturated/α-hetero) is 1. The molecule has 1 saturated carbocycles. The SMILES string of the molecule is COc1ccc(C(C)=O)c(OCC2(O)CCCCC2)c1. The minimum atomic E-state index is -0.768.